The van der Waals surface area contributed by atoms with Gasteiger partial charge in [0.05, 0.1) is 12.6 Å². The number of hydrogen-bond donors (Lipinski definition) is 1. The number of hydrogen-bond acceptors (Lipinski definition) is 3. The van der Waals surface area contributed by atoms with E-state index in [1.165, 1.54) is 10.4 Å². The van der Waals surface area contributed by atoms with Crippen molar-refractivity contribution in [3.63, 3.8) is 0 Å². The average molecular weight is 207 g/mol. The third kappa shape index (κ3) is 2.02. The Morgan fingerprint density at radius 3 is 3.07 bits per heavy atom. The molecule has 3 nitrogen and oxygen atoms in total. The summed E-state index contributed by atoms with van der Waals surface area (Å²) in [6.45, 7) is 2.83. The number of aryl methyl sites for hydroxylation is 1. The molecule has 0 aliphatic carbocycles. The molecule has 2 rings (SSSR count). The molecule has 2 aromatic rings. The van der Waals surface area contributed by atoms with Gasteiger partial charge in [0, 0.05) is 17.3 Å². The molecule has 1 atom stereocenters. The lowest BCUT2D eigenvalue weighted by Gasteiger charge is -2.09. The second-order valence-electron chi connectivity index (χ2n) is 3.33. The van der Waals surface area contributed by atoms with Gasteiger partial charge in [0.2, 0.25) is 0 Å². The molecule has 0 radical (unpaired) electrons. The highest BCUT2D eigenvalue weighted by atomic mass is 32.1. The quantitative estimate of drug-likeness (QED) is 0.836. The van der Waals surface area contributed by atoms with Crippen LogP contribution < -0.4 is 5.73 Å². The van der Waals surface area contributed by atoms with Crippen LogP contribution in [0, 0.1) is 6.92 Å². The Hall–Kier alpha value is -1.13. The lowest BCUT2D eigenvalue weighted by Crippen LogP contribution is -2.17. The zero-order chi connectivity index (χ0) is 9.97. The summed E-state index contributed by atoms with van der Waals surface area (Å²) in [6, 6.07) is 4.09. The predicted octanol–water partition coefficient (Wildman–Crippen LogP) is 1.95. The minimum Gasteiger partial charge on any atom is -0.322 e. The molecule has 2 heterocycles. The van der Waals surface area contributed by atoms with E-state index in [1.807, 2.05) is 16.9 Å². The highest BCUT2D eigenvalue weighted by molar-refractivity contribution is 7.10. The van der Waals surface area contributed by atoms with Crippen molar-refractivity contribution >= 4 is 11.3 Å². The summed E-state index contributed by atoms with van der Waals surface area (Å²) in [7, 11) is 0. The average Bonchev–Trinajstić information content (AvgIpc) is 2.75. The first kappa shape index (κ1) is 9.43. The van der Waals surface area contributed by atoms with E-state index in [1.54, 1.807) is 17.5 Å². The molecule has 14 heavy (non-hydrogen) atoms. The number of nitrogens with two attached hydrogens (primary N) is 1. The molecule has 0 aliphatic heterocycles. The maximum Gasteiger partial charge on any atom is 0.0602 e. The number of aromatic nitrogens is 2. The van der Waals surface area contributed by atoms with Crippen LogP contribution in [-0.4, -0.2) is 9.78 Å². The van der Waals surface area contributed by atoms with Crippen LogP contribution >= 0.6 is 11.3 Å². The van der Waals surface area contributed by atoms with Crippen LogP contribution in [0.3, 0.4) is 0 Å². The van der Waals surface area contributed by atoms with Crippen molar-refractivity contribution in [3.8, 4) is 0 Å². The van der Waals surface area contributed by atoms with Crippen LogP contribution in [0.1, 0.15) is 16.5 Å². The van der Waals surface area contributed by atoms with Crippen molar-refractivity contribution in [3.05, 3.63) is 40.3 Å². The van der Waals surface area contributed by atoms with Gasteiger partial charge < -0.3 is 5.73 Å². The van der Waals surface area contributed by atoms with Crippen LogP contribution in [0.5, 0.6) is 0 Å². The van der Waals surface area contributed by atoms with Gasteiger partial charge in [-0.05, 0) is 30.0 Å². The molecule has 4 heteroatoms. The van der Waals surface area contributed by atoms with Crippen LogP contribution in [0.15, 0.2) is 29.9 Å². The van der Waals surface area contributed by atoms with E-state index in [2.05, 4.69) is 23.5 Å². The smallest absolute Gasteiger partial charge is 0.0602 e. The Morgan fingerprint density at radius 2 is 2.50 bits per heavy atom. The van der Waals surface area contributed by atoms with E-state index in [4.69, 9.17) is 5.73 Å². The zero-order valence-electron chi connectivity index (χ0n) is 8.05. The van der Waals surface area contributed by atoms with Gasteiger partial charge in [0.1, 0.15) is 0 Å². The Bertz CT molecular complexity index is 391. The van der Waals surface area contributed by atoms with Gasteiger partial charge in [0.25, 0.3) is 0 Å². The van der Waals surface area contributed by atoms with E-state index in [-0.39, 0.29) is 6.04 Å². The lowest BCUT2D eigenvalue weighted by atomic mass is 10.1. The topological polar surface area (TPSA) is 43.8 Å². The Balaban J connectivity index is 2.06. The van der Waals surface area contributed by atoms with E-state index in [9.17, 15) is 0 Å². The van der Waals surface area contributed by atoms with Crippen LogP contribution in [0.2, 0.25) is 0 Å². The molecule has 2 N–H and O–H groups in total. The first-order chi connectivity index (χ1) is 6.75. The van der Waals surface area contributed by atoms with Crippen molar-refractivity contribution in [2.24, 2.45) is 5.73 Å². The van der Waals surface area contributed by atoms with Crippen molar-refractivity contribution in [2.75, 3.05) is 0 Å². The second-order valence-corrected chi connectivity index (χ2v) is 4.44. The maximum atomic E-state index is 6.05. The van der Waals surface area contributed by atoms with Crippen LogP contribution in [-0.2, 0) is 6.54 Å². The predicted molar refractivity (Wildman–Crippen MR) is 58.2 cm³/mol. The van der Waals surface area contributed by atoms with Gasteiger partial charge in [-0.15, -0.1) is 11.3 Å². The van der Waals surface area contributed by atoms with Crippen LogP contribution in [0.25, 0.3) is 0 Å². The molecule has 0 saturated carbocycles. The number of thiophene rings is 1. The molecular weight excluding hydrogens is 194 g/mol. The summed E-state index contributed by atoms with van der Waals surface area (Å²) < 4.78 is 1.86. The van der Waals surface area contributed by atoms with Crippen molar-refractivity contribution in [1.29, 1.82) is 0 Å². The summed E-state index contributed by atoms with van der Waals surface area (Å²) >= 11 is 1.74. The summed E-state index contributed by atoms with van der Waals surface area (Å²) in [6.07, 6.45) is 3.70. The molecule has 1 unspecified atom stereocenters. The molecule has 0 saturated heterocycles. The van der Waals surface area contributed by atoms with E-state index in [0.29, 0.717) is 0 Å². The van der Waals surface area contributed by atoms with Gasteiger partial charge in [-0.25, -0.2) is 0 Å². The normalized spacial score (nSPS) is 13.0. The summed E-state index contributed by atoms with van der Waals surface area (Å²) in [4.78, 5) is 1.30. The second kappa shape index (κ2) is 3.94. The lowest BCUT2D eigenvalue weighted by molar-refractivity contribution is 0.528. The summed E-state index contributed by atoms with van der Waals surface area (Å²) in [5.41, 5.74) is 7.24. The van der Waals surface area contributed by atoms with E-state index < -0.39 is 0 Å². The SMILES string of the molecule is Cc1cc(C(N)Cn2cccn2)cs1. The molecule has 0 amide bonds. The molecule has 0 aliphatic rings. The minimum absolute atomic E-state index is 0.0415. The van der Waals surface area contributed by atoms with Crippen molar-refractivity contribution < 1.29 is 0 Å². The molecule has 0 fully saturated rings. The Kier molecular flexibility index (Phi) is 2.65. The third-order valence-electron chi connectivity index (χ3n) is 2.12. The summed E-state index contributed by atoms with van der Waals surface area (Å²) in [5.74, 6) is 0. The third-order valence-corrected chi connectivity index (χ3v) is 3.00. The first-order valence-electron chi connectivity index (χ1n) is 4.54. The van der Waals surface area contributed by atoms with Gasteiger partial charge in [0.15, 0.2) is 0 Å². The molecule has 0 aromatic carbocycles. The largest absolute Gasteiger partial charge is 0.322 e. The fourth-order valence-electron chi connectivity index (χ4n) is 1.37. The highest BCUT2D eigenvalue weighted by Gasteiger charge is 2.08. The zero-order valence-corrected chi connectivity index (χ0v) is 8.87. The van der Waals surface area contributed by atoms with Gasteiger partial charge in [-0.2, -0.15) is 5.10 Å². The Labute approximate surface area is 87.2 Å². The Morgan fingerprint density at radius 1 is 1.64 bits per heavy atom. The standard InChI is InChI=1S/C10H13N3S/c1-8-5-9(7-14-8)10(11)6-13-4-2-3-12-13/h2-5,7,10H,6,11H2,1H3. The molecule has 74 valence electrons. The fraction of sp³-hybridized carbons (Fsp3) is 0.300. The first-order valence-corrected chi connectivity index (χ1v) is 5.42. The van der Waals surface area contributed by atoms with E-state index in [0.717, 1.165) is 6.54 Å². The number of nitrogens with zero attached hydrogens (tertiary/aromatic N) is 2. The number of rotatable bonds is 3. The molecule has 2 aromatic heterocycles. The van der Waals surface area contributed by atoms with Gasteiger partial charge in [-0.3, -0.25) is 4.68 Å². The maximum absolute atomic E-state index is 6.05. The highest BCUT2D eigenvalue weighted by Crippen LogP contribution is 2.19. The van der Waals surface area contributed by atoms with Crippen molar-refractivity contribution in [1.82, 2.24) is 9.78 Å². The van der Waals surface area contributed by atoms with Gasteiger partial charge >= 0.3 is 0 Å². The van der Waals surface area contributed by atoms with Crippen molar-refractivity contribution in [2.45, 2.75) is 19.5 Å². The van der Waals surface area contributed by atoms with E-state index >= 15 is 0 Å². The van der Waals surface area contributed by atoms with Gasteiger partial charge in [-0.1, -0.05) is 0 Å². The fourth-order valence-corrected chi connectivity index (χ4v) is 2.14. The molecular formula is C10H13N3S. The minimum atomic E-state index is 0.0415. The summed E-state index contributed by atoms with van der Waals surface area (Å²) in [5, 5.41) is 6.24. The monoisotopic (exact) mass is 207 g/mol. The molecule has 0 spiro atoms. The molecule has 0 bridgehead atoms. The van der Waals surface area contributed by atoms with Crippen LogP contribution in [0.4, 0.5) is 0 Å².